The summed E-state index contributed by atoms with van der Waals surface area (Å²) in [7, 11) is 1.86. The SMILES string of the molecule is Cc1nn(C)c(C)c1C(=O)NCCN1CCNCC1.Cl. The van der Waals surface area contributed by atoms with E-state index in [4.69, 9.17) is 0 Å². The van der Waals surface area contributed by atoms with Crippen molar-refractivity contribution in [3.05, 3.63) is 17.0 Å². The number of aryl methyl sites for hydroxylation is 2. The molecule has 114 valence electrons. The van der Waals surface area contributed by atoms with Crippen LogP contribution in [0.4, 0.5) is 0 Å². The van der Waals surface area contributed by atoms with Gasteiger partial charge in [0.1, 0.15) is 0 Å². The fourth-order valence-corrected chi connectivity index (χ4v) is 2.45. The van der Waals surface area contributed by atoms with Gasteiger partial charge in [-0.1, -0.05) is 0 Å². The second-order valence-corrected chi connectivity index (χ2v) is 5.02. The van der Waals surface area contributed by atoms with Gasteiger partial charge in [-0.05, 0) is 13.8 Å². The molecule has 0 bridgehead atoms. The lowest BCUT2D eigenvalue weighted by atomic mass is 10.2. The van der Waals surface area contributed by atoms with Gasteiger partial charge in [0, 0.05) is 52.0 Å². The summed E-state index contributed by atoms with van der Waals surface area (Å²) in [4.78, 5) is 14.5. The Labute approximate surface area is 126 Å². The molecule has 1 aromatic heterocycles. The number of rotatable bonds is 4. The molecule has 0 aliphatic carbocycles. The van der Waals surface area contributed by atoms with Crippen LogP contribution in [0.5, 0.6) is 0 Å². The number of hydrogen-bond acceptors (Lipinski definition) is 4. The van der Waals surface area contributed by atoms with E-state index in [9.17, 15) is 4.79 Å². The first-order chi connectivity index (χ1) is 9.09. The fraction of sp³-hybridized carbons (Fsp3) is 0.692. The number of piperazine rings is 1. The lowest BCUT2D eigenvalue weighted by Crippen LogP contribution is -2.46. The molecule has 0 atom stereocenters. The molecule has 2 rings (SSSR count). The molecule has 1 aliphatic heterocycles. The molecule has 0 unspecified atom stereocenters. The van der Waals surface area contributed by atoms with Crippen LogP contribution in [0.3, 0.4) is 0 Å². The van der Waals surface area contributed by atoms with Crippen molar-refractivity contribution >= 4 is 18.3 Å². The van der Waals surface area contributed by atoms with Crippen LogP contribution in [0, 0.1) is 13.8 Å². The number of hydrogen-bond donors (Lipinski definition) is 2. The molecule has 20 heavy (non-hydrogen) atoms. The Balaban J connectivity index is 0.00000200. The minimum Gasteiger partial charge on any atom is -0.351 e. The molecule has 0 spiro atoms. The largest absolute Gasteiger partial charge is 0.351 e. The van der Waals surface area contributed by atoms with Gasteiger partial charge >= 0.3 is 0 Å². The van der Waals surface area contributed by atoms with Crippen molar-refractivity contribution in [3.63, 3.8) is 0 Å². The Hall–Kier alpha value is -1.11. The van der Waals surface area contributed by atoms with Gasteiger partial charge in [-0.25, -0.2) is 0 Å². The summed E-state index contributed by atoms with van der Waals surface area (Å²) in [6.07, 6.45) is 0. The van der Waals surface area contributed by atoms with Gasteiger partial charge < -0.3 is 10.6 Å². The first kappa shape index (κ1) is 16.9. The van der Waals surface area contributed by atoms with Gasteiger partial charge in [0.05, 0.1) is 11.3 Å². The maximum Gasteiger partial charge on any atom is 0.255 e. The van der Waals surface area contributed by atoms with Gasteiger partial charge in [-0.15, -0.1) is 12.4 Å². The van der Waals surface area contributed by atoms with Crippen LogP contribution in [0.15, 0.2) is 0 Å². The molecular formula is C13H24ClN5O. The average molecular weight is 302 g/mol. The van der Waals surface area contributed by atoms with Gasteiger partial charge in [-0.2, -0.15) is 5.10 Å². The van der Waals surface area contributed by atoms with E-state index in [1.54, 1.807) is 4.68 Å². The third kappa shape index (κ3) is 3.94. The van der Waals surface area contributed by atoms with Gasteiger partial charge in [-0.3, -0.25) is 14.4 Å². The number of carbonyl (C=O) groups excluding carboxylic acids is 1. The van der Waals surface area contributed by atoms with Crippen LogP contribution in [0.2, 0.25) is 0 Å². The first-order valence-electron chi connectivity index (χ1n) is 6.81. The van der Waals surface area contributed by atoms with E-state index < -0.39 is 0 Å². The van der Waals surface area contributed by atoms with Gasteiger partial charge in [0.15, 0.2) is 0 Å². The Kier molecular flexibility index (Phi) is 6.45. The highest BCUT2D eigenvalue weighted by Crippen LogP contribution is 2.11. The maximum absolute atomic E-state index is 12.1. The van der Waals surface area contributed by atoms with E-state index >= 15 is 0 Å². The zero-order chi connectivity index (χ0) is 13.8. The lowest BCUT2D eigenvalue weighted by molar-refractivity contribution is 0.0946. The molecule has 7 heteroatoms. The van der Waals surface area contributed by atoms with E-state index in [1.165, 1.54) is 0 Å². The Morgan fingerprint density at radius 1 is 1.35 bits per heavy atom. The number of aromatic nitrogens is 2. The molecular weight excluding hydrogens is 278 g/mol. The van der Waals surface area contributed by atoms with Crippen LogP contribution in [0.25, 0.3) is 0 Å². The second-order valence-electron chi connectivity index (χ2n) is 5.02. The summed E-state index contributed by atoms with van der Waals surface area (Å²) in [5.41, 5.74) is 2.42. The Bertz CT molecular complexity index is 454. The van der Waals surface area contributed by atoms with E-state index in [0.29, 0.717) is 12.1 Å². The number of halogens is 1. The number of nitrogens with one attached hydrogen (secondary N) is 2. The van der Waals surface area contributed by atoms with E-state index in [-0.39, 0.29) is 18.3 Å². The summed E-state index contributed by atoms with van der Waals surface area (Å²) in [6, 6.07) is 0. The Morgan fingerprint density at radius 2 is 2.00 bits per heavy atom. The smallest absolute Gasteiger partial charge is 0.255 e. The summed E-state index contributed by atoms with van der Waals surface area (Å²) in [5.74, 6) is -0.0155. The quantitative estimate of drug-likeness (QED) is 0.828. The number of nitrogens with zero attached hydrogens (tertiary/aromatic N) is 3. The minimum absolute atomic E-state index is 0. The molecule has 0 aromatic carbocycles. The standard InChI is InChI=1S/C13H23N5O.ClH/c1-10-12(11(2)17(3)16-10)13(19)15-6-9-18-7-4-14-5-8-18;/h14H,4-9H2,1-3H3,(H,15,19);1H. The monoisotopic (exact) mass is 301 g/mol. The van der Waals surface area contributed by atoms with Crippen molar-refractivity contribution < 1.29 is 4.79 Å². The van der Waals surface area contributed by atoms with Crippen LogP contribution < -0.4 is 10.6 Å². The summed E-state index contributed by atoms with van der Waals surface area (Å²) < 4.78 is 1.75. The molecule has 1 saturated heterocycles. The normalized spacial score (nSPS) is 15.8. The highest BCUT2D eigenvalue weighted by Gasteiger charge is 2.17. The van der Waals surface area contributed by atoms with E-state index in [2.05, 4.69) is 20.6 Å². The van der Waals surface area contributed by atoms with Crippen LogP contribution in [-0.4, -0.2) is 59.9 Å². The van der Waals surface area contributed by atoms with Crippen molar-refractivity contribution in [2.75, 3.05) is 39.3 Å². The first-order valence-corrected chi connectivity index (χ1v) is 6.81. The van der Waals surface area contributed by atoms with Crippen molar-refractivity contribution in [2.45, 2.75) is 13.8 Å². The van der Waals surface area contributed by atoms with Crippen molar-refractivity contribution in [1.29, 1.82) is 0 Å². The zero-order valence-electron chi connectivity index (χ0n) is 12.4. The molecule has 2 heterocycles. The maximum atomic E-state index is 12.1. The minimum atomic E-state index is -0.0155. The van der Waals surface area contributed by atoms with Crippen molar-refractivity contribution in [1.82, 2.24) is 25.3 Å². The average Bonchev–Trinajstić information content (AvgIpc) is 2.64. The summed E-state index contributed by atoms with van der Waals surface area (Å²) >= 11 is 0. The van der Waals surface area contributed by atoms with E-state index in [1.807, 2.05) is 20.9 Å². The van der Waals surface area contributed by atoms with Gasteiger partial charge in [0.25, 0.3) is 5.91 Å². The van der Waals surface area contributed by atoms with Crippen molar-refractivity contribution in [2.24, 2.45) is 7.05 Å². The third-order valence-corrected chi connectivity index (χ3v) is 3.66. The predicted molar refractivity (Wildman–Crippen MR) is 81.6 cm³/mol. The molecule has 0 radical (unpaired) electrons. The van der Waals surface area contributed by atoms with Crippen LogP contribution >= 0.6 is 12.4 Å². The second kappa shape index (κ2) is 7.61. The van der Waals surface area contributed by atoms with E-state index in [0.717, 1.165) is 44.1 Å². The number of amides is 1. The molecule has 6 nitrogen and oxygen atoms in total. The molecule has 2 N–H and O–H groups in total. The zero-order valence-corrected chi connectivity index (χ0v) is 13.2. The topological polar surface area (TPSA) is 62.2 Å². The third-order valence-electron chi connectivity index (χ3n) is 3.66. The molecule has 1 aliphatic rings. The Morgan fingerprint density at radius 3 is 2.55 bits per heavy atom. The van der Waals surface area contributed by atoms with Crippen LogP contribution in [0.1, 0.15) is 21.7 Å². The fourth-order valence-electron chi connectivity index (χ4n) is 2.45. The van der Waals surface area contributed by atoms with Crippen LogP contribution in [-0.2, 0) is 7.05 Å². The predicted octanol–water partition coefficient (Wildman–Crippen LogP) is 0.0937. The molecule has 1 amide bonds. The highest BCUT2D eigenvalue weighted by atomic mass is 35.5. The highest BCUT2D eigenvalue weighted by molar-refractivity contribution is 5.96. The van der Waals surface area contributed by atoms with Gasteiger partial charge in [0.2, 0.25) is 0 Å². The molecule has 0 saturated carbocycles. The lowest BCUT2D eigenvalue weighted by Gasteiger charge is -2.27. The summed E-state index contributed by atoms with van der Waals surface area (Å²) in [6.45, 7) is 9.58. The van der Waals surface area contributed by atoms with Crippen molar-refractivity contribution in [3.8, 4) is 0 Å². The summed E-state index contributed by atoms with van der Waals surface area (Å²) in [5, 5.41) is 10.6. The number of carbonyl (C=O) groups is 1. The molecule has 1 fully saturated rings. The molecule has 1 aromatic rings.